The highest BCUT2D eigenvalue weighted by Gasteiger charge is 2.07. The lowest BCUT2D eigenvalue weighted by molar-refractivity contribution is 0.235. The summed E-state index contributed by atoms with van der Waals surface area (Å²) < 4.78 is 12.4. The molecule has 0 spiro atoms. The maximum Gasteiger partial charge on any atom is 0.123 e. The molecular weight excluding hydrogens is 253 g/mol. The Balaban J connectivity index is 0.000000204. The van der Waals surface area contributed by atoms with Crippen molar-refractivity contribution < 1.29 is 4.39 Å². The Kier molecular flexibility index (Phi) is 9.20. The van der Waals surface area contributed by atoms with Crippen molar-refractivity contribution in [3.8, 4) is 0 Å². The molecule has 20 heavy (non-hydrogen) atoms. The molecule has 0 radical (unpaired) electrons. The van der Waals surface area contributed by atoms with Crippen LogP contribution >= 0.6 is 0 Å². The van der Waals surface area contributed by atoms with Gasteiger partial charge < -0.3 is 16.4 Å². The van der Waals surface area contributed by atoms with Crippen molar-refractivity contribution in [1.82, 2.24) is 4.90 Å². The fraction of sp³-hybridized carbons (Fsp3) is 0.625. The molecule has 0 saturated carbocycles. The number of piperidine rings is 1. The first-order valence-electron chi connectivity index (χ1n) is 7.63. The summed E-state index contributed by atoms with van der Waals surface area (Å²) in [7, 11) is 0. The van der Waals surface area contributed by atoms with E-state index < -0.39 is 0 Å². The van der Waals surface area contributed by atoms with Gasteiger partial charge in [-0.25, -0.2) is 4.39 Å². The van der Waals surface area contributed by atoms with E-state index >= 15 is 0 Å². The van der Waals surface area contributed by atoms with Gasteiger partial charge >= 0.3 is 0 Å². The largest absolute Gasteiger partial charge is 0.330 e. The van der Waals surface area contributed by atoms with Gasteiger partial charge in [-0.3, -0.25) is 0 Å². The van der Waals surface area contributed by atoms with Crippen molar-refractivity contribution >= 4 is 0 Å². The Labute approximate surface area is 122 Å². The Bertz CT molecular complexity index is 331. The van der Waals surface area contributed by atoms with Crippen LogP contribution in [0.25, 0.3) is 0 Å². The molecule has 0 aromatic heterocycles. The summed E-state index contributed by atoms with van der Waals surface area (Å²) >= 11 is 0. The fourth-order valence-corrected chi connectivity index (χ4v) is 2.32. The molecule has 0 unspecified atom stereocenters. The minimum Gasteiger partial charge on any atom is -0.330 e. The van der Waals surface area contributed by atoms with Crippen molar-refractivity contribution in [3.63, 3.8) is 0 Å². The molecule has 1 aliphatic heterocycles. The quantitative estimate of drug-likeness (QED) is 0.869. The Morgan fingerprint density at radius 1 is 0.950 bits per heavy atom. The number of halogens is 1. The first-order chi connectivity index (χ1) is 9.76. The van der Waals surface area contributed by atoms with Crippen LogP contribution in [0.3, 0.4) is 0 Å². The number of aryl methyl sites for hydroxylation is 1. The van der Waals surface area contributed by atoms with E-state index in [1.165, 1.54) is 44.5 Å². The normalized spacial score (nSPS) is 15.6. The summed E-state index contributed by atoms with van der Waals surface area (Å²) in [6.45, 7) is 5.16. The van der Waals surface area contributed by atoms with Crippen LogP contribution in [0.4, 0.5) is 4.39 Å². The molecular formula is C16H28FN3. The first-order valence-corrected chi connectivity index (χ1v) is 7.63. The lowest BCUT2D eigenvalue weighted by atomic mass is 10.1. The van der Waals surface area contributed by atoms with Crippen LogP contribution in [0.5, 0.6) is 0 Å². The van der Waals surface area contributed by atoms with Gasteiger partial charge in [-0.05, 0) is 63.0 Å². The number of likely N-dealkylation sites (tertiary alicyclic amines) is 1. The minimum atomic E-state index is -0.179. The molecule has 4 N–H and O–H groups in total. The van der Waals surface area contributed by atoms with Gasteiger partial charge in [0.2, 0.25) is 0 Å². The van der Waals surface area contributed by atoms with Crippen LogP contribution in [-0.4, -0.2) is 37.6 Å². The molecule has 4 heteroatoms. The summed E-state index contributed by atoms with van der Waals surface area (Å²) in [5.74, 6) is -0.179. The molecule has 114 valence electrons. The van der Waals surface area contributed by atoms with E-state index in [0.717, 1.165) is 31.5 Å². The van der Waals surface area contributed by atoms with Gasteiger partial charge in [0.05, 0.1) is 0 Å². The zero-order valence-corrected chi connectivity index (χ0v) is 12.4. The van der Waals surface area contributed by atoms with Crippen LogP contribution < -0.4 is 11.5 Å². The number of hydrogen-bond acceptors (Lipinski definition) is 3. The molecule has 0 atom stereocenters. The van der Waals surface area contributed by atoms with E-state index in [4.69, 9.17) is 11.5 Å². The number of nitrogens with zero attached hydrogens (tertiary/aromatic N) is 1. The Morgan fingerprint density at radius 2 is 1.60 bits per heavy atom. The summed E-state index contributed by atoms with van der Waals surface area (Å²) in [6.07, 6.45) is 6.07. The van der Waals surface area contributed by atoms with Crippen LogP contribution in [0.2, 0.25) is 0 Å². The van der Waals surface area contributed by atoms with Crippen molar-refractivity contribution in [1.29, 1.82) is 0 Å². The molecule has 3 nitrogen and oxygen atoms in total. The van der Waals surface area contributed by atoms with Gasteiger partial charge in [-0.2, -0.15) is 0 Å². The topological polar surface area (TPSA) is 55.3 Å². The van der Waals surface area contributed by atoms with Crippen molar-refractivity contribution in [2.75, 3.05) is 32.7 Å². The van der Waals surface area contributed by atoms with Crippen LogP contribution in [0, 0.1) is 5.82 Å². The third-order valence-electron chi connectivity index (χ3n) is 3.48. The maximum absolute atomic E-state index is 12.4. The highest BCUT2D eigenvalue weighted by atomic mass is 19.1. The predicted molar refractivity (Wildman–Crippen MR) is 83.1 cm³/mol. The van der Waals surface area contributed by atoms with Gasteiger partial charge in [0.25, 0.3) is 0 Å². The summed E-state index contributed by atoms with van der Waals surface area (Å²) in [5.41, 5.74) is 11.9. The molecule has 1 aliphatic rings. The molecule has 0 aliphatic carbocycles. The SMILES string of the molecule is NCCCc1ccc(F)cc1.NCCN1CCCCC1. The summed E-state index contributed by atoms with van der Waals surface area (Å²) in [4.78, 5) is 2.45. The third kappa shape index (κ3) is 7.58. The number of benzene rings is 1. The van der Waals surface area contributed by atoms with Crippen LogP contribution in [-0.2, 0) is 6.42 Å². The smallest absolute Gasteiger partial charge is 0.123 e. The Hall–Kier alpha value is -0.970. The third-order valence-corrected chi connectivity index (χ3v) is 3.48. The van der Waals surface area contributed by atoms with Crippen molar-refractivity contribution in [2.24, 2.45) is 11.5 Å². The van der Waals surface area contributed by atoms with Gasteiger partial charge in [-0.1, -0.05) is 18.6 Å². The van der Waals surface area contributed by atoms with Gasteiger partial charge in [0.1, 0.15) is 5.82 Å². The second-order valence-corrected chi connectivity index (χ2v) is 5.21. The van der Waals surface area contributed by atoms with Crippen LogP contribution in [0.1, 0.15) is 31.2 Å². The van der Waals surface area contributed by atoms with Crippen molar-refractivity contribution in [3.05, 3.63) is 35.6 Å². The zero-order chi connectivity index (χ0) is 14.6. The average Bonchev–Trinajstić information content (AvgIpc) is 2.49. The standard InChI is InChI=1S/C9H12FN.C7H16N2/c10-9-5-3-8(4-6-9)2-1-7-11;8-4-7-9-5-2-1-3-6-9/h3-6H,1-2,7,11H2;1-8H2. The lowest BCUT2D eigenvalue weighted by Crippen LogP contribution is -2.33. The van der Waals surface area contributed by atoms with E-state index in [2.05, 4.69) is 4.90 Å². The molecule has 1 aromatic carbocycles. The second-order valence-electron chi connectivity index (χ2n) is 5.21. The number of nitrogens with two attached hydrogens (primary N) is 2. The highest BCUT2D eigenvalue weighted by Crippen LogP contribution is 2.06. The maximum atomic E-state index is 12.4. The summed E-state index contributed by atoms with van der Waals surface area (Å²) in [5, 5.41) is 0. The molecule has 2 rings (SSSR count). The van der Waals surface area contributed by atoms with E-state index in [1.807, 2.05) is 0 Å². The van der Waals surface area contributed by atoms with Gasteiger partial charge in [0.15, 0.2) is 0 Å². The molecule has 0 bridgehead atoms. The van der Waals surface area contributed by atoms with E-state index in [-0.39, 0.29) is 5.82 Å². The van der Waals surface area contributed by atoms with Crippen molar-refractivity contribution in [2.45, 2.75) is 32.1 Å². The second kappa shape index (κ2) is 10.8. The molecule has 1 heterocycles. The molecule has 1 fully saturated rings. The minimum absolute atomic E-state index is 0.179. The Morgan fingerprint density at radius 3 is 2.15 bits per heavy atom. The highest BCUT2D eigenvalue weighted by molar-refractivity contribution is 5.15. The molecule has 1 saturated heterocycles. The van der Waals surface area contributed by atoms with E-state index in [0.29, 0.717) is 6.54 Å². The summed E-state index contributed by atoms with van der Waals surface area (Å²) in [6, 6.07) is 6.55. The van der Waals surface area contributed by atoms with E-state index in [9.17, 15) is 4.39 Å². The fourth-order valence-electron chi connectivity index (χ4n) is 2.32. The predicted octanol–water partition coefficient (Wildman–Crippen LogP) is 2.15. The zero-order valence-electron chi connectivity index (χ0n) is 12.4. The van der Waals surface area contributed by atoms with Crippen LogP contribution in [0.15, 0.2) is 24.3 Å². The lowest BCUT2D eigenvalue weighted by Gasteiger charge is -2.25. The van der Waals surface area contributed by atoms with Gasteiger partial charge in [0, 0.05) is 13.1 Å². The average molecular weight is 281 g/mol. The first kappa shape index (κ1) is 17.1. The molecule has 0 amide bonds. The number of rotatable bonds is 5. The monoisotopic (exact) mass is 281 g/mol. The van der Waals surface area contributed by atoms with E-state index in [1.54, 1.807) is 12.1 Å². The van der Waals surface area contributed by atoms with Gasteiger partial charge in [-0.15, -0.1) is 0 Å². The number of hydrogen-bond donors (Lipinski definition) is 2. The molecule has 1 aromatic rings.